The van der Waals surface area contributed by atoms with Crippen molar-refractivity contribution >= 4 is 18.3 Å². The summed E-state index contributed by atoms with van der Waals surface area (Å²) in [5, 5.41) is 40.8. The molecular weight excluding hydrogens is 267 g/mol. The molecule has 1 N–H and O–H groups in total. The monoisotopic (exact) mass is 270 g/mol. The molecule has 9 heteroatoms. The molecule has 8 nitrogen and oxygen atoms in total. The molecule has 0 amide bonds. The Bertz CT molecular complexity index is 114. The predicted molar refractivity (Wildman–Crippen MR) is 24.1 cm³/mol. The van der Waals surface area contributed by atoms with E-state index in [4.69, 9.17) is 39.9 Å². The van der Waals surface area contributed by atoms with Crippen molar-refractivity contribution in [1.29, 1.82) is 0 Å². The van der Waals surface area contributed by atoms with Crippen LogP contribution < -0.4 is 20.4 Å². The van der Waals surface area contributed by atoms with Crippen molar-refractivity contribution in [2.45, 2.75) is 6.92 Å². The molecule has 0 spiro atoms. The van der Waals surface area contributed by atoms with Crippen molar-refractivity contribution < 1.29 is 66.1 Å². The second-order valence-corrected chi connectivity index (χ2v) is 1.02. The fourth-order valence-electron chi connectivity index (χ4n) is 0. The normalized spacial score (nSPS) is 5.62. The molecule has 0 saturated carbocycles. The van der Waals surface area contributed by atoms with E-state index in [1.54, 1.807) is 0 Å². The van der Waals surface area contributed by atoms with Gasteiger partial charge < -0.3 is 35.1 Å². The van der Waals surface area contributed by atoms with Gasteiger partial charge in [0.25, 0.3) is 5.97 Å². The molecule has 0 aromatic rings. The first kappa shape index (κ1) is 22.7. The van der Waals surface area contributed by atoms with Gasteiger partial charge in [0.2, 0.25) is 0 Å². The third kappa shape index (κ3) is 703. The van der Waals surface area contributed by atoms with Crippen molar-refractivity contribution in [2.75, 3.05) is 0 Å². The number of carboxylic acids is 1. The average molecular weight is 271 g/mol. The Labute approximate surface area is 91.5 Å². The maximum Gasteiger partial charge on any atom is 4.00 e. The topological polar surface area (TPSA) is 164 Å². The summed E-state index contributed by atoms with van der Waals surface area (Å²) in [7, 11) is 0. The molecule has 0 bridgehead atoms. The first-order valence-electron chi connectivity index (χ1n) is 2.15. The number of aliphatic carboxylic acids is 1. The van der Waals surface area contributed by atoms with E-state index in [9.17, 15) is 0 Å². The average Bonchev–Trinajstić information content (AvgIpc) is 1.54. The maximum absolute atomic E-state index is 9.00. The molecule has 0 aliphatic heterocycles. The summed E-state index contributed by atoms with van der Waals surface area (Å²) in [6.45, 7) is 1.08. The van der Waals surface area contributed by atoms with Crippen LogP contribution in [0.25, 0.3) is 0 Å². The molecule has 0 aliphatic rings. The van der Waals surface area contributed by atoms with Crippen LogP contribution in [0.3, 0.4) is 0 Å². The number of carboxylic acid groups (broad SMARTS) is 5. The minimum absolute atomic E-state index is 0. The molecule has 13 heavy (non-hydrogen) atoms. The summed E-state index contributed by atoms with van der Waals surface area (Å²) in [5.74, 6) is -0.833. The molecule has 0 aliphatic carbocycles. The van der Waals surface area contributed by atoms with E-state index in [0.717, 1.165) is 6.92 Å². The fraction of sp³-hybridized carbons (Fsp3) is 0.250. The van der Waals surface area contributed by atoms with Crippen molar-refractivity contribution in [3.05, 3.63) is 0 Å². The molecule has 0 saturated heterocycles. The molecule has 0 rings (SSSR count). The molecular formula is C4H4O8Zr. The van der Waals surface area contributed by atoms with Gasteiger partial charge in [-0.3, -0.25) is 4.79 Å². The molecule has 0 aromatic heterocycles. The van der Waals surface area contributed by atoms with Crippen LogP contribution in [0.1, 0.15) is 6.92 Å². The third-order valence-electron chi connectivity index (χ3n) is 0. The minimum Gasteiger partial charge on any atom is -0.652 e. The summed E-state index contributed by atoms with van der Waals surface area (Å²) in [4.78, 5) is 25.7. The van der Waals surface area contributed by atoms with Crippen molar-refractivity contribution in [2.24, 2.45) is 0 Å². The quantitative estimate of drug-likeness (QED) is 0.458. The number of hydrogen-bond acceptors (Lipinski definition) is 7. The summed E-state index contributed by atoms with van der Waals surface area (Å²) in [5.41, 5.74) is 0. The van der Waals surface area contributed by atoms with Crippen LogP contribution >= 0.6 is 0 Å². The van der Waals surface area contributed by atoms with Gasteiger partial charge >= 0.3 is 26.2 Å². The van der Waals surface area contributed by atoms with E-state index in [2.05, 4.69) is 0 Å². The molecule has 0 radical (unpaired) electrons. The Morgan fingerprint density at radius 1 is 0.923 bits per heavy atom. The number of carbonyl (C=O) groups excluding carboxylic acids is 2. The number of hydrogen-bond donors (Lipinski definition) is 1. The van der Waals surface area contributed by atoms with E-state index in [-0.39, 0.29) is 26.2 Å². The van der Waals surface area contributed by atoms with E-state index in [1.807, 2.05) is 0 Å². The molecule has 72 valence electrons. The second kappa shape index (κ2) is 17.1. The van der Waals surface area contributed by atoms with Gasteiger partial charge in [-0.05, 0) is 12.3 Å². The van der Waals surface area contributed by atoms with Gasteiger partial charge in [-0.15, -0.1) is 0 Å². The summed E-state index contributed by atoms with van der Waals surface area (Å²) in [6.07, 6.45) is -4.67. The molecule has 0 fully saturated rings. The van der Waals surface area contributed by atoms with Crippen LogP contribution in [-0.2, 0) is 31.0 Å². The van der Waals surface area contributed by atoms with Crippen LogP contribution in [0, 0.1) is 0 Å². The zero-order valence-electron chi connectivity index (χ0n) is 6.30. The summed E-state index contributed by atoms with van der Waals surface area (Å²) in [6, 6.07) is 0. The molecule has 0 aromatic carbocycles. The molecule has 0 unspecified atom stereocenters. The number of rotatable bonds is 0. The van der Waals surface area contributed by atoms with E-state index in [0.29, 0.717) is 0 Å². The number of carbonyl (C=O) groups is 3. The standard InChI is InChI=1S/C2H4O2.2CH2O3.Zr/c1-2(3)4;2*2-1(3)4;/h1H3,(H,3,4);2*(H2,2,3,4);/q;;;+4/p-4. The Morgan fingerprint density at radius 3 is 0.923 bits per heavy atom. The van der Waals surface area contributed by atoms with Gasteiger partial charge in [-0.1, -0.05) is 0 Å². The van der Waals surface area contributed by atoms with Crippen molar-refractivity contribution in [1.82, 2.24) is 0 Å². The van der Waals surface area contributed by atoms with Gasteiger partial charge in [0.05, 0.1) is 0 Å². The summed E-state index contributed by atoms with van der Waals surface area (Å²) < 4.78 is 0. The zero-order valence-corrected chi connectivity index (χ0v) is 8.76. The Morgan fingerprint density at radius 2 is 0.923 bits per heavy atom. The third-order valence-corrected chi connectivity index (χ3v) is 0. The largest absolute Gasteiger partial charge is 4.00 e. The van der Waals surface area contributed by atoms with E-state index in [1.165, 1.54) is 0 Å². The smallest absolute Gasteiger partial charge is 0.652 e. The zero-order chi connectivity index (χ0) is 10.7. The Kier molecular flexibility index (Phi) is 29.8. The van der Waals surface area contributed by atoms with Crippen molar-refractivity contribution in [3.63, 3.8) is 0 Å². The van der Waals surface area contributed by atoms with Crippen LogP contribution in [0.2, 0.25) is 0 Å². The SMILES string of the molecule is CC(=O)O.O=C([O-])[O-].O=C([O-])[O-].[Zr+4]. The summed E-state index contributed by atoms with van der Waals surface area (Å²) >= 11 is 0. The van der Waals surface area contributed by atoms with Crippen molar-refractivity contribution in [3.8, 4) is 0 Å². The van der Waals surface area contributed by atoms with Gasteiger partial charge in [0, 0.05) is 6.92 Å². The first-order chi connectivity index (χ1) is 5.20. The van der Waals surface area contributed by atoms with Gasteiger partial charge in [0.15, 0.2) is 0 Å². The van der Waals surface area contributed by atoms with Gasteiger partial charge in [0.1, 0.15) is 0 Å². The van der Waals surface area contributed by atoms with Crippen LogP contribution in [0.5, 0.6) is 0 Å². The van der Waals surface area contributed by atoms with E-state index >= 15 is 0 Å². The van der Waals surface area contributed by atoms with Gasteiger partial charge in [-0.2, -0.15) is 0 Å². The second-order valence-electron chi connectivity index (χ2n) is 1.02. The van der Waals surface area contributed by atoms with Crippen LogP contribution in [0.15, 0.2) is 0 Å². The predicted octanol–water partition coefficient (Wildman–Crippen LogP) is -4.81. The Hall–Kier alpha value is -1.11. The Balaban J connectivity index is -0.0000000450. The fourth-order valence-corrected chi connectivity index (χ4v) is 0. The minimum atomic E-state index is -2.33. The first-order valence-corrected chi connectivity index (χ1v) is 2.15. The van der Waals surface area contributed by atoms with Gasteiger partial charge in [-0.25, -0.2) is 0 Å². The molecule has 0 heterocycles. The van der Waals surface area contributed by atoms with Crippen LogP contribution in [-0.4, -0.2) is 23.4 Å². The van der Waals surface area contributed by atoms with E-state index < -0.39 is 18.3 Å². The molecule has 0 atom stereocenters. The maximum atomic E-state index is 9.00. The van der Waals surface area contributed by atoms with Crippen LogP contribution in [0.4, 0.5) is 9.59 Å².